The minimum Gasteiger partial charge on any atom is -0.338 e. The molecule has 0 aliphatic heterocycles. The summed E-state index contributed by atoms with van der Waals surface area (Å²) in [5.74, 6) is -1.16. The number of nitrogens with zero attached hydrogens (tertiary/aromatic N) is 1. The van der Waals surface area contributed by atoms with Crippen LogP contribution >= 0.6 is 11.6 Å². The van der Waals surface area contributed by atoms with Gasteiger partial charge in [-0.05, 0) is 5.56 Å². The first-order valence-electron chi connectivity index (χ1n) is 4.70. The smallest absolute Gasteiger partial charge is 0.336 e. The number of rotatable bonds is 3. The molecule has 0 heterocycles. The second kappa shape index (κ2) is 6.12. The predicted molar refractivity (Wildman–Crippen MR) is 59.7 cm³/mol. The Labute approximate surface area is 98.7 Å². The molecule has 0 fully saturated rings. The summed E-state index contributed by atoms with van der Waals surface area (Å²) in [5, 5.41) is 0.846. The maximum absolute atomic E-state index is 11.4. The van der Waals surface area contributed by atoms with Gasteiger partial charge in [-0.3, -0.25) is 4.79 Å². The average Bonchev–Trinajstić information content (AvgIpc) is 2.29. The van der Waals surface area contributed by atoms with Crippen LogP contribution in [0.3, 0.4) is 0 Å². The third-order valence-electron chi connectivity index (χ3n) is 1.90. The molecular formula is C11H12ClNO3. The minimum atomic E-state index is -0.493. The highest BCUT2D eigenvalue weighted by Gasteiger charge is 2.13. The first-order valence-corrected chi connectivity index (χ1v) is 5.24. The fourth-order valence-corrected chi connectivity index (χ4v) is 1.25. The Balaban J connectivity index is 2.45. The summed E-state index contributed by atoms with van der Waals surface area (Å²) in [6, 6.07) is 9.14. The molecule has 0 atom stereocenters. The van der Waals surface area contributed by atoms with Crippen LogP contribution in [0.15, 0.2) is 30.3 Å². The van der Waals surface area contributed by atoms with Crippen LogP contribution in [-0.4, -0.2) is 29.9 Å². The number of carbonyl (C=O) groups is 2. The fraction of sp³-hybridized carbons (Fsp3) is 0.273. The Kier molecular flexibility index (Phi) is 4.79. The maximum Gasteiger partial charge on any atom is 0.336 e. The summed E-state index contributed by atoms with van der Waals surface area (Å²) in [7, 11) is 1.35. The van der Waals surface area contributed by atoms with Gasteiger partial charge in [0.1, 0.15) is 5.88 Å². The van der Waals surface area contributed by atoms with E-state index < -0.39 is 11.9 Å². The van der Waals surface area contributed by atoms with E-state index in [-0.39, 0.29) is 12.3 Å². The van der Waals surface area contributed by atoms with Gasteiger partial charge in [-0.2, -0.15) is 5.06 Å². The molecule has 1 aromatic carbocycles. The van der Waals surface area contributed by atoms with Gasteiger partial charge in [0.2, 0.25) is 0 Å². The molecule has 16 heavy (non-hydrogen) atoms. The molecule has 5 heteroatoms. The molecule has 0 aliphatic carbocycles. The second-order valence-corrected chi connectivity index (χ2v) is 3.42. The molecule has 0 spiro atoms. The molecular weight excluding hydrogens is 230 g/mol. The topological polar surface area (TPSA) is 46.6 Å². The van der Waals surface area contributed by atoms with E-state index in [1.54, 1.807) is 0 Å². The van der Waals surface area contributed by atoms with Crippen molar-refractivity contribution in [2.24, 2.45) is 0 Å². The van der Waals surface area contributed by atoms with E-state index in [4.69, 9.17) is 16.4 Å². The molecule has 0 unspecified atom stereocenters. The number of halogens is 1. The molecule has 0 aliphatic rings. The van der Waals surface area contributed by atoms with Crippen LogP contribution in [-0.2, 0) is 20.8 Å². The SMILES string of the molecule is CN(OC(=O)Cc1ccccc1)C(=O)CCl. The first kappa shape index (κ1) is 12.5. The van der Waals surface area contributed by atoms with Crippen molar-refractivity contribution in [3.05, 3.63) is 35.9 Å². The summed E-state index contributed by atoms with van der Waals surface area (Å²) in [6.07, 6.45) is 0.126. The number of hydrogen-bond donors (Lipinski definition) is 0. The Morgan fingerprint density at radius 3 is 2.50 bits per heavy atom. The Morgan fingerprint density at radius 1 is 1.31 bits per heavy atom. The quantitative estimate of drug-likeness (QED) is 0.593. The highest BCUT2D eigenvalue weighted by Crippen LogP contribution is 2.02. The zero-order valence-electron chi connectivity index (χ0n) is 8.85. The van der Waals surface area contributed by atoms with E-state index in [0.717, 1.165) is 10.6 Å². The van der Waals surface area contributed by atoms with Crippen molar-refractivity contribution in [2.45, 2.75) is 6.42 Å². The summed E-state index contributed by atoms with van der Waals surface area (Å²) in [6.45, 7) is 0. The van der Waals surface area contributed by atoms with Gasteiger partial charge in [0, 0.05) is 7.05 Å². The van der Waals surface area contributed by atoms with Gasteiger partial charge < -0.3 is 4.84 Å². The molecule has 0 saturated heterocycles. The normalized spacial score (nSPS) is 9.62. The molecule has 1 aromatic rings. The van der Waals surface area contributed by atoms with E-state index in [1.807, 2.05) is 30.3 Å². The molecule has 0 radical (unpaired) electrons. The lowest BCUT2D eigenvalue weighted by molar-refractivity contribution is -0.190. The van der Waals surface area contributed by atoms with Crippen molar-refractivity contribution in [3.8, 4) is 0 Å². The summed E-state index contributed by atoms with van der Waals surface area (Å²) in [5.41, 5.74) is 0.833. The van der Waals surface area contributed by atoms with E-state index in [2.05, 4.69) is 0 Å². The minimum absolute atomic E-state index is 0.126. The van der Waals surface area contributed by atoms with Gasteiger partial charge in [0.15, 0.2) is 0 Å². The fourth-order valence-electron chi connectivity index (χ4n) is 1.08. The summed E-state index contributed by atoms with van der Waals surface area (Å²) < 4.78 is 0. The highest BCUT2D eigenvalue weighted by atomic mass is 35.5. The van der Waals surface area contributed by atoms with Gasteiger partial charge in [0.05, 0.1) is 6.42 Å². The zero-order chi connectivity index (χ0) is 12.0. The lowest BCUT2D eigenvalue weighted by atomic mass is 10.2. The van der Waals surface area contributed by atoms with Gasteiger partial charge >= 0.3 is 5.97 Å². The number of alkyl halides is 1. The van der Waals surface area contributed by atoms with Crippen molar-refractivity contribution in [1.82, 2.24) is 5.06 Å². The van der Waals surface area contributed by atoms with Crippen molar-refractivity contribution in [2.75, 3.05) is 12.9 Å². The highest BCUT2D eigenvalue weighted by molar-refractivity contribution is 6.27. The van der Waals surface area contributed by atoms with Crippen LogP contribution in [0.2, 0.25) is 0 Å². The summed E-state index contributed by atoms with van der Waals surface area (Å²) in [4.78, 5) is 27.2. The third kappa shape index (κ3) is 3.90. The summed E-state index contributed by atoms with van der Waals surface area (Å²) >= 11 is 5.31. The van der Waals surface area contributed by atoms with E-state index in [1.165, 1.54) is 7.05 Å². The van der Waals surface area contributed by atoms with Crippen molar-refractivity contribution >= 4 is 23.5 Å². The molecule has 1 rings (SSSR count). The molecule has 0 N–H and O–H groups in total. The Morgan fingerprint density at radius 2 is 1.94 bits per heavy atom. The van der Waals surface area contributed by atoms with Crippen LogP contribution in [0.5, 0.6) is 0 Å². The Hall–Kier alpha value is -1.55. The third-order valence-corrected chi connectivity index (χ3v) is 2.12. The first-order chi connectivity index (χ1) is 7.63. The molecule has 86 valence electrons. The van der Waals surface area contributed by atoms with E-state index in [0.29, 0.717) is 0 Å². The Bertz CT molecular complexity index is 367. The average molecular weight is 242 g/mol. The van der Waals surface area contributed by atoms with Crippen LogP contribution in [0.4, 0.5) is 0 Å². The number of benzene rings is 1. The lowest BCUT2D eigenvalue weighted by Crippen LogP contribution is -2.31. The lowest BCUT2D eigenvalue weighted by Gasteiger charge is -2.14. The second-order valence-electron chi connectivity index (χ2n) is 3.15. The number of amides is 1. The van der Waals surface area contributed by atoms with Crippen molar-refractivity contribution < 1.29 is 14.4 Å². The molecule has 0 bridgehead atoms. The van der Waals surface area contributed by atoms with Gasteiger partial charge in [-0.1, -0.05) is 30.3 Å². The van der Waals surface area contributed by atoms with Crippen LogP contribution in [0.25, 0.3) is 0 Å². The van der Waals surface area contributed by atoms with E-state index in [9.17, 15) is 9.59 Å². The van der Waals surface area contributed by atoms with Crippen molar-refractivity contribution in [3.63, 3.8) is 0 Å². The monoisotopic (exact) mass is 241 g/mol. The molecule has 0 aromatic heterocycles. The van der Waals surface area contributed by atoms with Crippen molar-refractivity contribution in [1.29, 1.82) is 0 Å². The zero-order valence-corrected chi connectivity index (χ0v) is 9.61. The van der Waals surface area contributed by atoms with Crippen LogP contribution < -0.4 is 0 Å². The standard InChI is InChI=1S/C11H12ClNO3/c1-13(10(14)8-12)16-11(15)7-9-5-3-2-4-6-9/h2-6H,7-8H2,1H3. The number of hydroxylamine groups is 2. The number of carbonyl (C=O) groups excluding carboxylic acids is 2. The predicted octanol–water partition coefficient (Wildman–Crippen LogP) is 1.38. The van der Waals surface area contributed by atoms with Crippen LogP contribution in [0, 0.1) is 0 Å². The van der Waals surface area contributed by atoms with E-state index >= 15 is 0 Å². The maximum atomic E-state index is 11.4. The molecule has 1 amide bonds. The molecule has 0 saturated carbocycles. The molecule has 4 nitrogen and oxygen atoms in total. The van der Waals surface area contributed by atoms with Crippen LogP contribution in [0.1, 0.15) is 5.56 Å². The van der Waals surface area contributed by atoms with Gasteiger partial charge in [-0.25, -0.2) is 4.79 Å². The van der Waals surface area contributed by atoms with Gasteiger partial charge in [0.25, 0.3) is 5.91 Å². The largest absolute Gasteiger partial charge is 0.338 e. The van der Waals surface area contributed by atoms with Gasteiger partial charge in [-0.15, -0.1) is 11.6 Å². The number of hydrogen-bond acceptors (Lipinski definition) is 3.